The molecule has 0 aliphatic rings. The van der Waals surface area contributed by atoms with Crippen LogP contribution >= 0.6 is 11.8 Å². The number of aromatic amines is 1. The molecule has 1 heterocycles. The van der Waals surface area contributed by atoms with Crippen LogP contribution in [0.3, 0.4) is 0 Å². The minimum atomic E-state index is -1.55. The fraction of sp³-hybridized carbons (Fsp3) is 0.455. The number of pyridine rings is 1. The largest absolute Gasteiger partial charge is 0.390 e. The van der Waals surface area contributed by atoms with Gasteiger partial charge in [-0.05, 0) is 6.42 Å². The highest BCUT2D eigenvalue weighted by Crippen LogP contribution is 2.20. The molecule has 2 unspecified atom stereocenters. The average Bonchev–Trinajstić information content (AvgIpc) is 2.37. The molecule has 0 radical (unpaired) electrons. The molecule has 0 saturated heterocycles. The lowest BCUT2D eigenvalue weighted by atomic mass is 10.0. The predicted molar refractivity (Wildman–Crippen MR) is 72.4 cm³/mol. The molecule has 8 nitrogen and oxygen atoms in total. The van der Waals surface area contributed by atoms with Crippen LogP contribution in [0, 0.1) is 10.1 Å². The summed E-state index contributed by atoms with van der Waals surface area (Å²) in [5.74, 6) is 0.278. The van der Waals surface area contributed by atoms with E-state index in [9.17, 15) is 29.9 Å². The number of thioether (sulfide) groups is 1. The zero-order valence-electron chi connectivity index (χ0n) is 10.6. The summed E-state index contributed by atoms with van der Waals surface area (Å²) in [6.07, 6.45) is -1.85. The molecule has 9 heteroatoms. The van der Waals surface area contributed by atoms with Gasteiger partial charge in [0, 0.05) is 18.7 Å². The van der Waals surface area contributed by atoms with Gasteiger partial charge in [-0.15, -0.1) is 0 Å². The van der Waals surface area contributed by atoms with Crippen molar-refractivity contribution in [2.75, 3.05) is 5.75 Å². The van der Waals surface area contributed by atoms with E-state index in [1.165, 1.54) is 6.92 Å². The highest BCUT2D eigenvalue weighted by Gasteiger charge is 2.23. The van der Waals surface area contributed by atoms with Gasteiger partial charge in [0.15, 0.2) is 5.12 Å². The summed E-state index contributed by atoms with van der Waals surface area (Å²) in [5, 5.41) is 30.1. The summed E-state index contributed by atoms with van der Waals surface area (Å²) >= 11 is 0.980. The summed E-state index contributed by atoms with van der Waals surface area (Å²) in [5.41, 5.74) is -1.37. The van der Waals surface area contributed by atoms with Gasteiger partial charge in [0.1, 0.15) is 6.10 Å². The van der Waals surface area contributed by atoms with Crippen LogP contribution in [0.1, 0.15) is 25.0 Å². The molecular formula is C11H14N2O6S. The lowest BCUT2D eigenvalue weighted by Crippen LogP contribution is -2.26. The lowest BCUT2D eigenvalue weighted by Gasteiger charge is -2.16. The van der Waals surface area contributed by atoms with Crippen LogP contribution in [0.15, 0.2) is 17.1 Å². The summed E-state index contributed by atoms with van der Waals surface area (Å²) < 4.78 is 0. The highest BCUT2D eigenvalue weighted by atomic mass is 32.2. The molecule has 0 saturated carbocycles. The van der Waals surface area contributed by atoms with E-state index in [4.69, 9.17) is 0 Å². The summed E-state index contributed by atoms with van der Waals surface area (Å²) in [6, 6.07) is 0.921. The first-order valence-corrected chi connectivity index (χ1v) is 6.68. The zero-order chi connectivity index (χ0) is 15.3. The summed E-state index contributed by atoms with van der Waals surface area (Å²) in [7, 11) is 0. The van der Waals surface area contributed by atoms with Gasteiger partial charge < -0.3 is 15.2 Å². The van der Waals surface area contributed by atoms with Gasteiger partial charge in [0.05, 0.1) is 22.8 Å². The quantitative estimate of drug-likeness (QED) is 0.509. The third-order valence-electron chi connectivity index (χ3n) is 2.53. The Labute approximate surface area is 118 Å². The number of hydrogen-bond acceptors (Lipinski definition) is 7. The third kappa shape index (κ3) is 4.44. The molecule has 0 fully saturated rings. The van der Waals surface area contributed by atoms with Crippen LogP contribution in [0.4, 0.5) is 5.69 Å². The van der Waals surface area contributed by atoms with E-state index in [0.29, 0.717) is 0 Å². The summed E-state index contributed by atoms with van der Waals surface area (Å²) in [6.45, 7) is 1.37. The second kappa shape index (κ2) is 7.17. The Morgan fingerprint density at radius 2 is 2.20 bits per heavy atom. The van der Waals surface area contributed by atoms with E-state index in [-0.39, 0.29) is 28.5 Å². The molecule has 3 N–H and O–H groups in total. The first-order valence-electron chi connectivity index (χ1n) is 5.69. The minimum absolute atomic E-state index is 0.0769. The van der Waals surface area contributed by atoms with E-state index >= 15 is 0 Å². The number of rotatable bonds is 6. The number of carbonyl (C=O) groups excluding carboxylic acids is 1. The van der Waals surface area contributed by atoms with Crippen molar-refractivity contribution < 1.29 is 19.9 Å². The summed E-state index contributed by atoms with van der Waals surface area (Å²) in [4.78, 5) is 34.3. The second-order valence-electron chi connectivity index (χ2n) is 4.04. The van der Waals surface area contributed by atoms with Crippen molar-refractivity contribution in [1.29, 1.82) is 0 Å². The van der Waals surface area contributed by atoms with Crippen molar-refractivity contribution in [2.45, 2.75) is 25.6 Å². The van der Waals surface area contributed by atoms with Crippen molar-refractivity contribution >= 4 is 22.6 Å². The van der Waals surface area contributed by atoms with E-state index < -0.39 is 22.7 Å². The monoisotopic (exact) mass is 302 g/mol. The van der Waals surface area contributed by atoms with Gasteiger partial charge in [-0.2, -0.15) is 0 Å². The Balaban J connectivity index is 2.82. The first-order chi connectivity index (χ1) is 9.32. The maximum absolute atomic E-state index is 11.5. The molecule has 0 spiro atoms. The standard InChI is InChI=1S/C11H14N2O6S/c1-6(14)20-3-2-9(15)10(16)8-4-7(13(18)19)5-12-11(8)17/h4-5,9-10,15-16H,2-3H2,1H3,(H,12,17). The third-order valence-corrected chi connectivity index (χ3v) is 3.38. The number of nitrogens with zero attached hydrogens (tertiary/aromatic N) is 1. The molecule has 110 valence electrons. The number of aliphatic hydroxyl groups excluding tert-OH is 2. The molecule has 1 rings (SSSR count). The van der Waals surface area contributed by atoms with Gasteiger partial charge in [0.25, 0.3) is 11.2 Å². The van der Waals surface area contributed by atoms with E-state index in [2.05, 4.69) is 4.98 Å². The molecule has 0 aliphatic carbocycles. The highest BCUT2D eigenvalue weighted by molar-refractivity contribution is 8.13. The predicted octanol–water partition coefficient (Wildman–Crippen LogP) is 0.347. The normalized spacial score (nSPS) is 13.8. The van der Waals surface area contributed by atoms with E-state index in [1.54, 1.807) is 0 Å². The molecule has 0 aromatic carbocycles. The van der Waals surface area contributed by atoms with Crippen molar-refractivity contribution in [3.8, 4) is 0 Å². The maximum Gasteiger partial charge on any atom is 0.285 e. The number of hydrogen-bond donors (Lipinski definition) is 3. The SMILES string of the molecule is CC(=O)SCCC(O)C(O)c1cc([N+](=O)[O-])c[nH]c1=O. The van der Waals surface area contributed by atoms with Crippen LogP contribution < -0.4 is 5.56 Å². The average molecular weight is 302 g/mol. The molecule has 20 heavy (non-hydrogen) atoms. The van der Waals surface area contributed by atoms with Gasteiger partial charge in [-0.3, -0.25) is 19.7 Å². The van der Waals surface area contributed by atoms with Crippen LogP contribution in [-0.2, 0) is 4.79 Å². The van der Waals surface area contributed by atoms with E-state index in [1.807, 2.05) is 0 Å². The maximum atomic E-state index is 11.5. The van der Waals surface area contributed by atoms with Gasteiger partial charge in [-0.1, -0.05) is 11.8 Å². The van der Waals surface area contributed by atoms with Crippen molar-refractivity contribution in [2.24, 2.45) is 0 Å². The minimum Gasteiger partial charge on any atom is -0.390 e. The van der Waals surface area contributed by atoms with Crippen LogP contribution in [-0.4, -0.2) is 37.1 Å². The fourth-order valence-electron chi connectivity index (χ4n) is 1.50. The smallest absolute Gasteiger partial charge is 0.285 e. The Bertz CT molecular complexity index is 558. The number of aromatic nitrogens is 1. The Morgan fingerprint density at radius 3 is 2.75 bits per heavy atom. The Kier molecular flexibility index (Phi) is 5.86. The molecule has 0 bridgehead atoms. The van der Waals surface area contributed by atoms with Crippen molar-refractivity contribution in [1.82, 2.24) is 4.98 Å². The van der Waals surface area contributed by atoms with E-state index in [0.717, 1.165) is 24.0 Å². The van der Waals surface area contributed by atoms with Crippen LogP contribution in [0.2, 0.25) is 0 Å². The Morgan fingerprint density at radius 1 is 1.55 bits per heavy atom. The number of H-pyrrole nitrogens is 1. The molecule has 0 aliphatic heterocycles. The van der Waals surface area contributed by atoms with Gasteiger partial charge in [-0.25, -0.2) is 0 Å². The van der Waals surface area contributed by atoms with Crippen molar-refractivity contribution in [3.63, 3.8) is 0 Å². The number of nitro groups is 1. The molecule has 2 atom stereocenters. The van der Waals surface area contributed by atoms with Crippen LogP contribution in [0.5, 0.6) is 0 Å². The zero-order valence-corrected chi connectivity index (χ0v) is 11.4. The Hall–Kier alpha value is -1.71. The number of nitrogens with one attached hydrogen (secondary N) is 1. The molecular weight excluding hydrogens is 288 g/mol. The first kappa shape index (κ1) is 16.3. The van der Waals surface area contributed by atoms with Crippen LogP contribution in [0.25, 0.3) is 0 Å². The fourth-order valence-corrected chi connectivity index (χ4v) is 2.15. The van der Waals surface area contributed by atoms with Gasteiger partial charge in [0.2, 0.25) is 0 Å². The molecule has 1 aromatic heterocycles. The second-order valence-corrected chi connectivity index (χ2v) is 5.31. The van der Waals surface area contributed by atoms with Crippen molar-refractivity contribution in [3.05, 3.63) is 38.3 Å². The number of carbonyl (C=O) groups is 1. The molecule has 0 amide bonds. The van der Waals surface area contributed by atoms with Gasteiger partial charge >= 0.3 is 0 Å². The number of aliphatic hydroxyl groups is 2. The molecule has 1 aromatic rings. The lowest BCUT2D eigenvalue weighted by molar-refractivity contribution is -0.385. The topological polar surface area (TPSA) is 134 Å².